The molecular weight excluding hydrogens is 913 g/mol. The molecule has 1 aromatic heterocycles. The van der Waals surface area contributed by atoms with E-state index in [2.05, 4.69) is 54.8 Å². The Balaban J connectivity index is 2.67. The molecule has 2 unspecified atom stereocenters. The number of nitrogens with one attached hydrogen (secondary N) is 2. The van der Waals surface area contributed by atoms with Crippen LogP contribution in [0.5, 0.6) is 0 Å². The zero-order chi connectivity index (χ0) is 52.9. The van der Waals surface area contributed by atoms with Gasteiger partial charge in [-0.05, 0) is 76.2 Å². The Hall–Kier alpha value is -2.50. The van der Waals surface area contributed by atoms with Crippen LogP contribution in [0.25, 0.3) is 0 Å². The Morgan fingerprint density at radius 2 is 0.890 bits per heavy atom. The van der Waals surface area contributed by atoms with Gasteiger partial charge in [-0.3, -0.25) is 19.3 Å². The first-order chi connectivity index (χ1) is 35.9. The number of esters is 2. The van der Waals surface area contributed by atoms with Crippen molar-refractivity contribution in [3.05, 3.63) is 18.2 Å². The number of carbonyl (C=O) groups is 3. The molecule has 2 N–H and O–H groups in total. The summed E-state index contributed by atoms with van der Waals surface area (Å²) in [6, 6.07) is 0.545. The average Bonchev–Trinajstić information content (AvgIpc) is 3.95. The van der Waals surface area contributed by atoms with Gasteiger partial charge in [0.1, 0.15) is 5.69 Å². The number of hydrogen-bond donors (Lipinski definition) is 2. The van der Waals surface area contributed by atoms with E-state index in [4.69, 9.17) is 18.9 Å². The van der Waals surface area contributed by atoms with E-state index in [1.807, 2.05) is 0 Å². The number of unbranched alkanes of at least 4 members (excludes halogenated alkanes) is 24. The maximum absolute atomic E-state index is 12.7. The van der Waals surface area contributed by atoms with Crippen LogP contribution in [-0.4, -0.2) is 98.0 Å². The highest BCUT2D eigenvalue weighted by Gasteiger charge is 2.19. The molecule has 11 heteroatoms. The third kappa shape index (κ3) is 43.3. The summed E-state index contributed by atoms with van der Waals surface area (Å²) in [7, 11) is 0. The van der Waals surface area contributed by atoms with Crippen LogP contribution in [0.4, 0.5) is 0 Å². The molecule has 0 aliphatic carbocycles. The monoisotopic (exact) mass is 1030 g/mol. The van der Waals surface area contributed by atoms with Crippen molar-refractivity contribution in [2.45, 2.75) is 291 Å². The van der Waals surface area contributed by atoms with E-state index < -0.39 is 0 Å². The van der Waals surface area contributed by atoms with Crippen molar-refractivity contribution < 1.29 is 33.3 Å². The van der Waals surface area contributed by atoms with E-state index in [0.717, 1.165) is 38.8 Å². The van der Waals surface area contributed by atoms with Crippen LogP contribution in [-0.2, 0) is 28.5 Å². The van der Waals surface area contributed by atoms with E-state index in [1.165, 1.54) is 224 Å². The fourth-order valence-corrected chi connectivity index (χ4v) is 10.1. The molecule has 11 nitrogen and oxygen atoms in total. The minimum Gasteiger partial charge on any atom is -0.465 e. The third-order valence-corrected chi connectivity index (χ3v) is 14.9. The van der Waals surface area contributed by atoms with Gasteiger partial charge in [-0.2, -0.15) is 0 Å². The van der Waals surface area contributed by atoms with Gasteiger partial charge in [0.15, 0.2) is 0 Å². The number of hydrogen-bond acceptors (Lipinski definition) is 9. The van der Waals surface area contributed by atoms with E-state index in [0.29, 0.717) is 82.6 Å². The Labute approximate surface area is 450 Å². The number of rotatable bonds is 57. The van der Waals surface area contributed by atoms with Crippen LogP contribution in [0.3, 0.4) is 0 Å². The molecule has 0 aromatic carbocycles. The zero-order valence-corrected chi connectivity index (χ0v) is 48.6. The van der Waals surface area contributed by atoms with Crippen LogP contribution in [0.1, 0.15) is 296 Å². The highest BCUT2D eigenvalue weighted by Crippen LogP contribution is 2.23. The van der Waals surface area contributed by atoms with Crippen molar-refractivity contribution in [2.24, 2.45) is 11.8 Å². The number of carbonyl (C=O) groups excluding carboxylic acids is 3. The highest BCUT2D eigenvalue weighted by atomic mass is 16.5. The molecule has 0 aliphatic heterocycles. The van der Waals surface area contributed by atoms with Gasteiger partial charge in [-0.1, -0.05) is 214 Å². The predicted molar refractivity (Wildman–Crippen MR) is 305 cm³/mol. The first-order valence-electron chi connectivity index (χ1n) is 31.3. The molecule has 2 atom stereocenters. The van der Waals surface area contributed by atoms with Gasteiger partial charge in [0.2, 0.25) is 0 Å². The van der Waals surface area contributed by atoms with Crippen LogP contribution in [0.15, 0.2) is 12.5 Å². The second kappa shape index (κ2) is 52.9. The van der Waals surface area contributed by atoms with Crippen molar-refractivity contribution in [3.63, 3.8) is 0 Å². The van der Waals surface area contributed by atoms with Crippen molar-refractivity contribution in [2.75, 3.05) is 59.3 Å². The number of imidazole rings is 1. The molecule has 1 rings (SSSR count). The minimum atomic E-state index is -0.181. The van der Waals surface area contributed by atoms with E-state index >= 15 is 0 Å². The molecule has 0 saturated heterocycles. The summed E-state index contributed by atoms with van der Waals surface area (Å²) < 4.78 is 23.6. The number of aromatic amines is 1. The molecule has 1 heterocycles. The molecule has 0 fully saturated rings. The number of H-pyrrole nitrogens is 1. The van der Waals surface area contributed by atoms with Gasteiger partial charge < -0.3 is 29.2 Å². The molecule has 0 aliphatic rings. The smallest absolute Gasteiger partial charge is 0.305 e. The van der Waals surface area contributed by atoms with Gasteiger partial charge >= 0.3 is 11.9 Å². The number of amides is 1. The lowest BCUT2D eigenvalue weighted by Crippen LogP contribution is -2.39. The van der Waals surface area contributed by atoms with Gasteiger partial charge in [0, 0.05) is 32.0 Å². The van der Waals surface area contributed by atoms with Crippen LogP contribution in [0, 0.1) is 11.8 Å². The fraction of sp³-hybridized carbons (Fsp3) is 0.903. The lowest BCUT2D eigenvalue weighted by Gasteiger charge is -2.32. The third-order valence-electron chi connectivity index (χ3n) is 14.9. The summed E-state index contributed by atoms with van der Waals surface area (Å²) in [4.78, 5) is 47.0. The molecule has 0 bridgehead atoms. The van der Waals surface area contributed by atoms with E-state index in [1.54, 1.807) is 0 Å². The number of aromatic nitrogens is 2. The lowest BCUT2D eigenvalue weighted by atomic mass is 9.96. The van der Waals surface area contributed by atoms with Crippen molar-refractivity contribution in [1.82, 2.24) is 20.2 Å². The summed E-state index contributed by atoms with van der Waals surface area (Å²) >= 11 is 0. The van der Waals surface area contributed by atoms with Crippen molar-refractivity contribution in [3.8, 4) is 0 Å². The second-order valence-electron chi connectivity index (χ2n) is 21.7. The van der Waals surface area contributed by atoms with E-state index in [-0.39, 0.29) is 17.8 Å². The molecular formula is C62H118N4O7. The first kappa shape index (κ1) is 68.5. The highest BCUT2D eigenvalue weighted by molar-refractivity contribution is 5.91. The average molecular weight is 1030 g/mol. The van der Waals surface area contributed by atoms with E-state index in [9.17, 15) is 14.4 Å². The lowest BCUT2D eigenvalue weighted by molar-refractivity contribution is -0.146. The maximum atomic E-state index is 12.7. The Bertz CT molecular complexity index is 1280. The van der Waals surface area contributed by atoms with Gasteiger partial charge in [-0.15, -0.1) is 0 Å². The largest absolute Gasteiger partial charge is 0.465 e. The van der Waals surface area contributed by atoms with Gasteiger partial charge in [-0.25, -0.2) is 4.98 Å². The van der Waals surface area contributed by atoms with Crippen LogP contribution >= 0.6 is 0 Å². The predicted octanol–water partition coefficient (Wildman–Crippen LogP) is 16.5. The summed E-state index contributed by atoms with van der Waals surface area (Å²) in [6.45, 7) is 17.2. The SMILES string of the molecule is CCCCCCCCCN(CCOCCOCCNC(=O)c1cnc[nH]1)C(CCCCCCCCC(=O)OCC(CCCC)CCCCCC)CCCCCCCCC(=O)OCC(CCCC)CCCCCC. The molecule has 1 amide bonds. The second-order valence-corrected chi connectivity index (χ2v) is 21.7. The Morgan fingerprint density at radius 1 is 0.479 bits per heavy atom. The normalized spacial score (nSPS) is 12.8. The number of nitrogens with zero attached hydrogens (tertiary/aromatic N) is 2. The molecule has 73 heavy (non-hydrogen) atoms. The van der Waals surface area contributed by atoms with Crippen LogP contribution in [0.2, 0.25) is 0 Å². The number of ether oxygens (including phenoxy) is 4. The first-order valence-corrected chi connectivity index (χ1v) is 31.3. The summed E-state index contributed by atoms with van der Waals surface area (Å²) in [5, 5.41) is 2.85. The quantitative estimate of drug-likeness (QED) is 0.0483. The maximum Gasteiger partial charge on any atom is 0.305 e. The summed E-state index contributed by atoms with van der Waals surface area (Å²) in [6.07, 6.45) is 49.3. The molecule has 0 saturated carbocycles. The van der Waals surface area contributed by atoms with Crippen molar-refractivity contribution >= 4 is 17.8 Å². The Kier molecular flexibility index (Phi) is 49.7. The zero-order valence-electron chi connectivity index (χ0n) is 48.6. The molecule has 1 aromatic rings. The van der Waals surface area contributed by atoms with Crippen molar-refractivity contribution in [1.29, 1.82) is 0 Å². The fourth-order valence-electron chi connectivity index (χ4n) is 10.1. The van der Waals surface area contributed by atoms with Gasteiger partial charge in [0.05, 0.1) is 52.2 Å². The molecule has 0 radical (unpaired) electrons. The topological polar surface area (TPSA) is 132 Å². The Morgan fingerprint density at radius 3 is 1.37 bits per heavy atom. The minimum absolute atomic E-state index is 0.00257. The standard InChI is InChI=1S/C62H118N4O7/c1-6-11-16-19-24-29-36-46-66(47-49-71-51-50-70-48-45-64-62(69)59-52-63-55-65-59)58(41-32-25-20-22-27-34-43-60(67)72-53-56(37-14-9-4)39-30-17-12-7-2)42-33-26-21-23-28-35-44-61(68)73-54-57(38-15-10-5)40-31-18-13-8-3/h52,55-58H,6-51,53-54H2,1-5H3,(H,63,65)(H,64,69). The summed E-state index contributed by atoms with van der Waals surface area (Å²) in [5.41, 5.74) is 0.447. The van der Waals surface area contributed by atoms with Crippen LogP contribution < -0.4 is 5.32 Å². The van der Waals surface area contributed by atoms with Gasteiger partial charge in [0.25, 0.3) is 5.91 Å². The molecule has 0 spiro atoms. The summed E-state index contributed by atoms with van der Waals surface area (Å²) in [5.74, 6) is 0.855. The molecule has 428 valence electrons.